The summed E-state index contributed by atoms with van der Waals surface area (Å²) in [6, 6.07) is 0. The molecule has 2 aliphatic heterocycles. The molecule has 0 aliphatic carbocycles. The highest BCUT2D eigenvalue weighted by molar-refractivity contribution is 6.74. The summed E-state index contributed by atoms with van der Waals surface area (Å²) in [6.07, 6.45) is 9.86. The molecule has 0 saturated carbocycles. The topological polar surface area (TPSA) is 130 Å². The van der Waals surface area contributed by atoms with E-state index in [1.54, 1.807) is 13.0 Å². The fourth-order valence-electron chi connectivity index (χ4n) is 6.22. The zero-order valence-electron chi connectivity index (χ0n) is 33.7. The van der Waals surface area contributed by atoms with Crippen molar-refractivity contribution in [1.82, 2.24) is 0 Å². The van der Waals surface area contributed by atoms with Gasteiger partial charge in [-0.05, 0) is 82.2 Å². The highest BCUT2D eigenvalue weighted by Crippen LogP contribution is 2.39. The van der Waals surface area contributed by atoms with Crippen molar-refractivity contribution in [3.63, 3.8) is 0 Å². The molecule has 2 heterocycles. The van der Waals surface area contributed by atoms with Crippen molar-refractivity contribution in [2.45, 2.75) is 169 Å². The molecule has 1 saturated heterocycles. The van der Waals surface area contributed by atoms with Crippen LogP contribution in [0.5, 0.6) is 0 Å². The van der Waals surface area contributed by atoms with Crippen molar-refractivity contribution >= 4 is 26.2 Å². The molecule has 1 N–H and O–H groups in total. The summed E-state index contributed by atoms with van der Waals surface area (Å²) >= 11 is 0. The molecule has 0 bridgehead atoms. The van der Waals surface area contributed by atoms with Crippen molar-refractivity contribution in [3.05, 3.63) is 36.0 Å². The monoisotopic (exact) mass is 736 g/mol. The minimum Gasteiger partial charge on any atom is -0.460 e. The minimum absolute atomic E-state index is 0.0345. The predicted molar refractivity (Wildman–Crippen MR) is 201 cm³/mol. The first kappa shape index (κ1) is 44.8. The molecule has 0 amide bonds. The number of allylic oxidation sites excluding steroid dienone is 3. The van der Waals surface area contributed by atoms with Gasteiger partial charge in [0.15, 0.2) is 8.32 Å². The lowest BCUT2D eigenvalue weighted by atomic mass is 9.88. The Bertz CT molecular complexity index is 1230. The zero-order valence-corrected chi connectivity index (χ0v) is 34.7. The van der Waals surface area contributed by atoms with Gasteiger partial charge in [0.05, 0.1) is 24.7 Å². The van der Waals surface area contributed by atoms with Gasteiger partial charge < -0.3 is 33.2 Å². The Labute approximate surface area is 308 Å². The second-order valence-corrected chi connectivity index (χ2v) is 21.1. The Balaban J connectivity index is 2.21. The molecule has 0 spiro atoms. The van der Waals surface area contributed by atoms with Crippen LogP contribution in [0.2, 0.25) is 18.1 Å². The lowest BCUT2D eigenvalue weighted by molar-refractivity contribution is -0.158. The molecule has 0 aromatic heterocycles. The summed E-state index contributed by atoms with van der Waals surface area (Å²) < 4.78 is 35.3. The molecule has 10 nitrogen and oxygen atoms in total. The molecule has 51 heavy (non-hydrogen) atoms. The lowest BCUT2D eigenvalue weighted by Crippen LogP contribution is -2.46. The molecular formula is C40H68O10Si. The van der Waals surface area contributed by atoms with Gasteiger partial charge in [0.1, 0.15) is 30.5 Å². The van der Waals surface area contributed by atoms with E-state index in [9.17, 15) is 19.5 Å². The Morgan fingerprint density at radius 2 is 1.82 bits per heavy atom. The van der Waals surface area contributed by atoms with Crippen LogP contribution in [0, 0.1) is 17.8 Å². The van der Waals surface area contributed by atoms with Gasteiger partial charge >= 0.3 is 17.9 Å². The summed E-state index contributed by atoms with van der Waals surface area (Å²) in [7, 11) is -2.26. The second kappa shape index (κ2) is 19.7. The van der Waals surface area contributed by atoms with Crippen molar-refractivity contribution in [2.24, 2.45) is 17.8 Å². The van der Waals surface area contributed by atoms with Gasteiger partial charge in [-0.25, -0.2) is 4.79 Å². The van der Waals surface area contributed by atoms with Crippen LogP contribution < -0.4 is 0 Å². The number of carbonyl (C=O) groups is 3. The number of aliphatic hydroxyl groups is 1. The molecular weight excluding hydrogens is 669 g/mol. The summed E-state index contributed by atoms with van der Waals surface area (Å²) in [5.41, 5.74) is -0.514. The van der Waals surface area contributed by atoms with Crippen molar-refractivity contribution in [3.8, 4) is 0 Å². The average Bonchev–Trinajstić information content (AvgIpc) is 3.79. The minimum atomic E-state index is -2.26. The number of carbonyl (C=O) groups excluding carboxylic acids is 3. The van der Waals surface area contributed by atoms with Crippen LogP contribution in [-0.4, -0.2) is 86.8 Å². The third-order valence-electron chi connectivity index (χ3n) is 10.6. The molecule has 11 heteroatoms. The third-order valence-corrected chi connectivity index (χ3v) is 15.1. The third kappa shape index (κ3) is 14.6. The van der Waals surface area contributed by atoms with Crippen LogP contribution in [0.25, 0.3) is 0 Å². The fourth-order valence-corrected chi connectivity index (χ4v) is 7.61. The van der Waals surface area contributed by atoms with Gasteiger partial charge in [0, 0.05) is 25.4 Å². The number of esters is 3. The Morgan fingerprint density at radius 1 is 1.16 bits per heavy atom. The normalized spacial score (nSPS) is 30.7. The van der Waals surface area contributed by atoms with Gasteiger partial charge in [-0.1, -0.05) is 72.8 Å². The van der Waals surface area contributed by atoms with Gasteiger partial charge in [-0.3, -0.25) is 9.59 Å². The Hall–Kier alpha value is -2.31. The van der Waals surface area contributed by atoms with E-state index in [1.165, 1.54) is 6.92 Å². The number of cyclic esters (lactones) is 1. The quantitative estimate of drug-likeness (QED) is 0.0447. The van der Waals surface area contributed by atoms with Gasteiger partial charge in [-0.2, -0.15) is 0 Å². The summed E-state index contributed by atoms with van der Waals surface area (Å²) in [5.74, 6) is -1.18. The molecule has 0 radical (unpaired) electrons. The first-order valence-corrected chi connectivity index (χ1v) is 21.7. The Morgan fingerprint density at radius 3 is 2.41 bits per heavy atom. The maximum Gasteiger partial charge on any atom is 0.332 e. The van der Waals surface area contributed by atoms with Gasteiger partial charge in [0.25, 0.3) is 0 Å². The molecule has 292 valence electrons. The highest BCUT2D eigenvalue weighted by Gasteiger charge is 2.46. The standard InChI is InChI=1S/C40H68O10Si/c1-14-32(47-36(43)25-45-15-2)29(6)38-33(48-38)23-26(3)17-16-18-27(4)37-28(5)19-20-34(46-30(7)41)40(11,44)22-21-31(24-35(42)49-37)50-51(12,13)39(8,9)10/h16-20,26,28-29,31-34,37-38,44H,14-15,21-25H2,1-13H3/b17-16+,20-19-,27-18+. The number of hydrogen-bond acceptors (Lipinski definition) is 10. The maximum absolute atomic E-state index is 13.5. The largest absolute Gasteiger partial charge is 0.460 e. The van der Waals surface area contributed by atoms with E-state index >= 15 is 0 Å². The van der Waals surface area contributed by atoms with E-state index < -0.39 is 38.2 Å². The van der Waals surface area contributed by atoms with Crippen LogP contribution >= 0.6 is 0 Å². The molecule has 2 aliphatic rings. The highest BCUT2D eigenvalue weighted by atomic mass is 28.4. The SMILES string of the molecule is CCOCC(=O)OC(CC)C(C)C1OC1CC(C)/C=C/C=C(\C)C1OC(=O)CC(O[Si](C)(C)C(C)(C)C)CCC(C)(O)C(OC(C)=O)/C=C\C1C. The van der Waals surface area contributed by atoms with Crippen LogP contribution in [0.1, 0.15) is 108 Å². The number of rotatable bonds is 15. The average molecular weight is 737 g/mol. The summed E-state index contributed by atoms with van der Waals surface area (Å²) in [4.78, 5) is 37.7. The van der Waals surface area contributed by atoms with Gasteiger partial charge in [0.2, 0.25) is 0 Å². The van der Waals surface area contributed by atoms with E-state index in [0.29, 0.717) is 19.4 Å². The van der Waals surface area contributed by atoms with E-state index in [1.807, 2.05) is 45.9 Å². The predicted octanol–water partition coefficient (Wildman–Crippen LogP) is 7.64. The number of epoxide rings is 1. The van der Waals surface area contributed by atoms with Crippen molar-refractivity contribution < 1.29 is 47.6 Å². The van der Waals surface area contributed by atoms with Crippen molar-refractivity contribution in [1.29, 1.82) is 0 Å². The molecule has 2 rings (SSSR count). The van der Waals surface area contributed by atoms with Crippen molar-refractivity contribution in [2.75, 3.05) is 13.2 Å². The molecule has 1 fully saturated rings. The van der Waals surface area contributed by atoms with Crippen LogP contribution in [0.15, 0.2) is 36.0 Å². The van der Waals surface area contributed by atoms with Crippen LogP contribution in [-0.2, 0) is 42.5 Å². The Kier molecular flexibility index (Phi) is 17.3. The van der Waals surface area contributed by atoms with E-state index in [4.69, 9.17) is 28.1 Å². The summed E-state index contributed by atoms with van der Waals surface area (Å²) in [6.45, 7) is 26.1. The molecule has 0 aromatic rings. The van der Waals surface area contributed by atoms with Crippen LogP contribution in [0.4, 0.5) is 0 Å². The molecule has 10 unspecified atom stereocenters. The van der Waals surface area contributed by atoms with Gasteiger partial charge in [-0.15, -0.1) is 0 Å². The smallest absolute Gasteiger partial charge is 0.332 e. The number of hydrogen-bond donors (Lipinski definition) is 1. The van der Waals surface area contributed by atoms with Crippen LogP contribution in [0.3, 0.4) is 0 Å². The first-order chi connectivity index (χ1) is 23.6. The van der Waals surface area contributed by atoms with E-state index in [2.05, 4.69) is 53.8 Å². The zero-order chi connectivity index (χ0) is 38.7. The molecule has 10 atom stereocenters. The number of ether oxygens (including phenoxy) is 5. The first-order valence-electron chi connectivity index (χ1n) is 18.8. The second-order valence-electron chi connectivity index (χ2n) is 16.4. The van der Waals surface area contributed by atoms with E-state index in [-0.39, 0.29) is 72.5 Å². The lowest BCUT2D eigenvalue weighted by Gasteiger charge is -2.40. The molecule has 0 aromatic carbocycles. The summed E-state index contributed by atoms with van der Waals surface area (Å²) in [5, 5.41) is 11.4. The van der Waals surface area contributed by atoms with E-state index in [0.717, 1.165) is 12.0 Å². The fraction of sp³-hybridized carbons (Fsp3) is 0.775. The maximum atomic E-state index is 13.5.